The number of rotatable bonds is 5. The van der Waals surface area contributed by atoms with Crippen LogP contribution in [0.4, 0.5) is 0 Å². The number of methoxy groups -OCH3 is 1. The van der Waals surface area contributed by atoms with Crippen LogP contribution in [0.2, 0.25) is 0 Å². The van der Waals surface area contributed by atoms with Crippen molar-refractivity contribution in [3.63, 3.8) is 0 Å². The molecule has 7 heteroatoms. The molecule has 94 valence electrons. The van der Waals surface area contributed by atoms with Crippen molar-refractivity contribution in [2.45, 2.75) is 24.6 Å². The largest absolute Gasteiger partial charge is 0.384 e. The lowest BCUT2D eigenvalue weighted by Gasteiger charge is -2.45. The smallest absolute Gasteiger partial charge is 0.214 e. The number of hydrogen-bond donors (Lipinski definition) is 2. The number of sulfonamides is 1. The highest BCUT2D eigenvalue weighted by Crippen LogP contribution is 2.37. The Labute approximate surface area is 95.5 Å². The van der Waals surface area contributed by atoms with E-state index < -0.39 is 10.0 Å². The van der Waals surface area contributed by atoms with Gasteiger partial charge in [-0.15, -0.1) is 0 Å². The summed E-state index contributed by atoms with van der Waals surface area (Å²) in [5.41, 5.74) is 5.91. The van der Waals surface area contributed by atoms with Crippen LogP contribution in [0.5, 0.6) is 0 Å². The quantitative estimate of drug-likeness (QED) is 0.630. The molecule has 0 aromatic rings. The minimum Gasteiger partial charge on any atom is -0.384 e. The normalized spacial score (nSPS) is 38.1. The Morgan fingerprint density at radius 3 is 3.00 bits per heavy atom. The first-order valence-electron chi connectivity index (χ1n) is 5.41. The molecule has 2 aliphatic rings. The van der Waals surface area contributed by atoms with Gasteiger partial charge in [-0.1, -0.05) is 0 Å². The highest BCUT2D eigenvalue weighted by molar-refractivity contribution is 7.89. The van der Waals surface area contributed by atoms with Crippen LogP contribution in [0, 0.1) is 5.92 Å². The summed E-state index contributed by atoms with van der Waals surface area (Å²) in [7, 11) is -1.84. The van der Waals surface area contributed by atoms with E-state index in [2.05, 4.69) is 4.72 Å². The molecule has 6 nitrogen and oxygen atoms in total. The van der Waals surface area contributed by atoms with Gasteiger partial charge in [0.2, 0.25) is 10.0 Å². The molecule has 16 heavy (non-hydrogen) atoms. The summed E-state index contributed by atoms with van der Waals surface area (Å²) in [6.07, 6.45) is 0.898. The predicted molar refractivity (Wildman–Crippen MR) is 58.4 cm³/mol. The highest BCUT2D eigenvalue weighted by Gasteiger charge is 2.53. The third kappa shape index (κ3) is 2.23. The molecule has 2 fully saturated rings. The minimum atomic E-state index is -3.31. The standard InChI is InChI=1S/C9H18N2O4S/c1-14-4-5-16(12,13)11-8-7(10)6-2-3-15-9(6)8/h6-9,11H,2-5,10H2,1H3. The zero-order chi connectivity index (χ0) is 11.8. The highest BCUT2D eigenvalue weighted by atomic mass is 32.2. The van der Waals surface area contributed by atoms with Gasteiger partial charge in [0.1, 0.15) is 0 Å². The van der Waals surface area contributed by atoms with Gasteiger partial charge in [-0.05, 0) is 6.42 Å². The van der Waals surface area contributed by atoms with Crippen molar-refractivity contribution in [3.8, 4) is 0 Å². The molecule has 1 heterocycles. The Morgan fingerprint density at radius 2 is 2.31 bits per heavy atom. The molecule has 0 aromatic carbocycles. The van der Waals surface area contributed by atoms with E-state index in [4.69, 9.17) is 15.2 Å². The van der Waals surface area contributed by atoms with Crippen LogP contribution in [-0.2, 0) is 19.5 Å². The van der Waals surface area contributed by atoms with Crippen molar-refractivity contribution in [1.82, 2.24) is 4.72 Å². The van der Waals surface area contributed by atoms with Crippen LogP contribution in [0.25, 0.3) is 0 Å². The molecule has 0 aromatic heterocycles. The lowest BCUT2D eigenvalue weighted by molar-refractivity contribution is -0.00928. The Morgan fingerprint density at radius 1 is 1.56 bits per heavy atom. The molecule has 2 rings (SSSR count). The van der Waals surface area contributed by atoms with Gasteiger partial charge in [-0.25, -0.2) is 13.1 Å². The molecule has 0 amide bonds. The van der Waals surface area contributed by atoms with E-state index in [0.717, 1.165) is 6.42 Å². The van der Waals surface area contributed by atoms with Crippen LogP contribution >= 0.6 is 0 Å². The molecule has 4 unspecified atom stereocenters. The molecular formula is C9H18N2O4S. The average molecular weight is 250 g/mol. The van der Waals surface area contributed by atoms with Crippen molar-refractivity contribution in [2.75, 3.05) is 26.1 Å². The summed E-state index contributed by atoms with van der Waals surface area (Å²) in [4.78, 5) is 0. The molecule has 0 bridgehead atoms. The Bertz CT molecular complexity index is 345. The summed E-state index contributed by atoms with van der Waals surface area (Å²) < 4.78 is 36.0. The molecule has 0 radical (unpaired) electrons. The maximum absolute atomic E-state index is 11.6. The summed E-state index contributed by atoms with van der Waals surface area (Å²) in [6.45, 7) is 0.867. The van der Waals surface area contributed by atoms with Crippen LogP contribution in [0.15, 0.2) is 0 Å². The van der Waals surface area contributed by atoms with Gasteiger partial charge in [-0.2, -0.15) is 0 Å². The third-order valence-electron chi connectivity index (χ3n) is 3.32. The summed E-state index contributed by atoms with van der Waals surface area (Å²) >= 11 is 0. The zero-order valence-electron chi connectivity index (χ0n) is 9.26. The fourth-order valence-corrected chi connectivity index (χ4v) is 3.56. The Hall–Kier alpha value is -0.210. The van der Waals surface area contributed by atoms with Crippen molar-refractivity contribution in [3.05, 3.63) is 0 Å². The summed E-state index contributed by atoms with van der Waals surface area (Å²) in [5, 5.41) is 0. The number of nitrogens with two attached hydrogens (primary N) is 1. The fourth-order valence-electron chi connectivity index (χ4n) is 2.35. The molecule has 4 atom stereocenters. The second-order valence-electron chi connectivity index (χ2n) is 4.32. The molecule has 1 aliphatic heterocycles. The first kappa shape index (κ1) is 12.3. The molecule has 1 saturated heterocycles. The SMILES string of the molecule is COCCS(=O)(=O)NC1C(N)C2CCOC21. The van der Waals surface area contributed by atoms with Crippen LogP contribution < -0.4 is 10.5 Å². The van der Waals surface area contributed by atoms with Gasteiger partial charge in [0.25, 0.3) is 0 Å². The van der Waals surface area contributed by atoms with Gasteiger partial charge >= 0.3 is 0 Å². The number of nitrogens with one attached hydrogen (secondary N) is 1. The molecule has 1 saturated carbocycles. The van der Waals surface area contributed by atoms with E-state index in [0.29, 0.717) is 12.5 Å². The van der Waals surface area contributed by atoms with Gasteiger partial charge in [0.15, 0.2) is 0 Å². The van der Waals surface area contributed by atoms with Gasteiger partial charge in [0.05, 0.1) is 24.5 Å². The van der Waals surface area contributed by atoms with Gasteiger partial charge in [-0.3, -0.25) is 0 Å². The van der Waals surface area contributed by atoms with Crippen molar-refractivity contribution in [1.29, 1.82) is 0 Å². The van der Waals surface area contributed by atoms with Crippen molar-refractivity contribution < 1.29 is 17.9 Å². The maximum Gasteiger partial charge on any atom is 0.214 e. The maximum atomic E-state index is 11.6. The first-order valence-corrected chi connectivity index (χ1v) is 7.06. The average Bonchev–Trinajstić information content (AvgIpc) is 2.68. The number of ether oxygens (including phenoxy) is 2. The minimum absolute atomic E-state index is 0.0349. The summed E-state index contributed by atoms with van der Waals surface area (Å²) in [5.74, 6) is 0.277. The topological polar surface area (TPSA) is 90.7 Å². The second-order valence-corrected chi connectivity index (χ2v) is 6.19. The lowest BCUT2D eigenvalue weighted by atomic mass is 9.73. The van der Waals surface area contributed by atoms with Crippen molar-refractivity contribution in [2.24, 2.45) is 11.7 Å². The van der Waals surface area contributed by atoms with Crippen LogP contribution in [-0.4, -0.2) is 52.7 Å². The van der Waals surface area contributed by atoms with Gasteiger partial charge < -0.3 is 15.2 Å². The zero-order valence-corrected chi connectivity index (χ0v) is 10.1. The Balaban J connectivity index is 1.90. The van der Waals surface area contributed by atoms with E-state index in [9.17, 15) is 8.42 Å². The molecule has 0 spiro atoms. The molecule has 3 N–H and O–H groups in total. The van der Waals surface area contributed by atoms with E-state index in [1.807, 2.05) is 0 Å². The number of fused-ring (bicyclic) bond motifs is 1. The summed E-state index contributed by atoms with van der Waals surface area (Å²) in [6, 6.07) is -0.390. The first-order chi connectivity index (χ1) is 7.55. The monoisotopic (exact) mass is 250 g/mol. The van der Waals surface area contributed by atoms with E-state index >= 15 is 0 Å². The fraction of sp³-hybridized carbons (Fsp3) is 1.00. The lowest BCUT2D eigenvalue weighted by Crippen LogP contribution is -2.69. The van der Waals surface area contributed by atoms with E-state index in [1.165, 1.54) is 7.11 Å². The predicted octanol–water partition coefficient (Wildman–Crippen LogP) is -1.33. The van der Waals surface area contributed by atoms with Crippen molar-refractivity contribution >= 4 is 10.0 Å². The Kier molecular flexibility index (Phi) is 3.50. The van der Waals surface area contributed by atoms with E-state index in [-0.39, 0.29) is 30.5 Å². The van der Waals surface area contributed by atoms with E-state index in [1.54, 1.807) is 0 Å². The molecular weight excluding hydrogens is 232 g/mol. The molecule has 1 aliphatic carbocycles. The number of hydrogen-bond acceptors (Lipinski definition) is 5. The third-order valence-corrected chi connectivity index (χ3v) is 4.65. The van der Waals surface area contributed by atoms with Crippen LogP contribution in [0.1, 0.15) is 6.42 Å². The van der Waals surface area contributed by atoms with Crippen LogP contribution in [0.3, 0.4) is 0 Å². The second kappa shape index (κ2) is 4.58. The van der Waals surface area contributed by atoms with Gasteiger partial charge in [0, 0.05) is 25.7 Å².